The summed E-state index contributed by atoms with van der Waals surface area (Å²) in [7, 11) is 0. The van der Waals surface area contributed by atoms with Gasteiger partial charge in [0.25, 0.3) is 11.5 Å². The van der Waals surface area contributed by atoms with E-state index in [0.717, 1.165) is 5.69 Å². The Balaban J connectivity index is 2.11. The monoisotopic (exact) mass is 309 g/mol. The molecule has 0 saturated heterocycles. The molecule has 6 nitrogen and oxygen atoms in total. The van der Waals surface area contributed by atoms with Gasteiger partial charge in [-0.05, 0) is 19.3 Å². The maximum atomic E-state index is 12.3. The molecule has 0 radical (unpaired) electrons. The minimum Gasteiger partial charge on any atom is -0.393 e. The van der Waals surface area contributed by atoms with Crippen LogP contribution >= 0.6 is 11.3 Å². The van der Waals surface area contributed by atoms with E-state index in [-0.39, 0.29) is 17.0 Å². The van der Waals surface area contributed by atoms with Gasteiger partial charge in [0.1, 0.15) is 5.56 Å². The zero-order chi connectivity index (χ0) is 15.6. The number of carbonyl (C=O) groups is 1. The fourth-order valence-corrected chi connectivity index (χ4v) is 2.77. The van der Waals surface area contributed by atoms with Gasteiger partial charge in [0.15, 0.2) is 4.96 Å². The molecule has 0 saturated carbocycles. The van der Waals surface area contributed by atoms with E-state index < -0.39 is 12.0 Å². The van der Waals surface area contributed by atoms with Crippen molar-refractivity contribution in [3.05, 3.63) is 33.2 Å². The van der Waals surface area contributed by atoms with Gasteiger partial charge in [-0.15, -0.1) is 11.3 Å². The Morgan fingerprint density at radius 2 is 2.24 bits per heavy atom. The number of aromatic nitrogens is 2. The van der Waals surface area contributed by atoms with Crippen LogP contribution in [0.4, 0.5) is 0 Å². The number of aryl methyl sites for hydroxylation is 1. The molecule has 0 aliphatic rings. The number of hydrogen-bond acceptors (Lipinski definition) is 5. The Kier molecular flexibility index (Phi) is 4.74. The summed E-state index contributed by atoms with van der Waals surface area (Å²) in [5, 5.41) is 14.2. The third kappa shape index (κ3) is 3.30. The third-order valence-electron chi connectivity index (χ3n) is 3.36. The van der Waals surface area contributed by atoms with Crippen LogP contribution in [0.1, 0.15) is 36.3 Å². The molecular formula is C14H19N3O3S. The average Bonchev–Trinajstić information content (AvgIpc) is 2.81. The number of aliphatic hydroxyl groups excluding tert-OH is 1. The SMILES string of the molecule is Cc1csc2ncc(C(=O)NCCC(O)C(C)C)c(=O)n12. The van der Waals surface area contributed by atoms with Crippen molar-refractivity contribution in [3.8, 4) is 0 Å². The normalized spacial score (nSPS) is 12.8. The molecule has 2 aromatic rings. The fraction of sp³-hybridized carbons (Fsp3) is 0.500. The first-order valence-corrected chi connectivity index (χ1v) is 7.72. The highest BCUT2D eigenvalue weighted by molar-refractivity contribution is 7.15. The summed E-state index contributed by atoms with van der Waals surface area (Å²) in [4.78, 5) is 29.0. The van der Waals surface area contributed by atoms with Crippen molar-refractivity contribution >= 4 is 22.2 Å². The van der Waals surface area contributed by atoms with E-state index in [9.17, 15) is 14.7 Å². The van der Waals surface area contributed by atoms with Crippen LogP contribution in [0.2, 0.25) is 0 Å². The third-order valence-corrected chi connectivity index (χ3v) is 4.31. The number of rotatable bonds is 5. The summed E-state index contributed by atoms with van der Waals surface area (Å²) < 4.78 is 1.43. The van der Waals surface area contributed by atoms with Crippen molar-refractivity contribution in [1.29, 1.82) is 0 Å². The molecule has 0 aromatic carbocycles. The Morgan fingerprint density at radius 3 is 2.90 bits per heavy atom. The molecule has 1 atom stereocenters. The highest BCUT2D eigenvalue weighted by Crippen LogP contribution is 2.11. The van der Waals surface area contributed by atoms with Crippen LogP contribution < -0.4 is 10.9 Å². The average molecular weight is 309 g/mol. The van der Waals surface area contributed by atoms with E-state index in [1.807, 2.05) is 19.2 Å². The molecule has 1 amide bonds. The second-order valence-corrected chi connectivity index (χ2v) is 6.16. The van der Waals surface area contributed by atoms with Gasteiger partial charge in [-0.25, -0.2) is 4.98 Å². The predicted octanol–water partition coefficient (Wildman–Crippen LogP) is 1.20. The Labute approximate surface area is 126 Å². The molecule has 7 heteroatoms. The summed E-state index contributed by atoms with van der Waals surface area (Å²) in [5.41, 5.74) is 0.422. The minimum atomic E-state index is -0.467. The summed E-state index contributed by atoms with van der Waals surface area (Å²) >= 11 is 1.36. The number of thiazole rings is 1. The topological polar surface area (TPSA) is 83.7 Å². The van der Waals surface area contributed by atoms with E-state index in [1.165, 1.54) is 21.9 Å². The van der Waals surface area contributed by atoms with E-state index in [0.29, 0.717) is 17.9 Å². The molecule has 2 N–H and O–H groups in total. The molecule has 2 rings (SSSR count). The molecule has 0 aliphatic carbocycles. The lowest BCUT2D eigenvalue weighted by molar-refractivity contribution is 0.0918. The highest BCUT2D eigenvalue weighted by Gasteiger charge is 2.15. The van der Waals surface area contributed by atoms with Gasteiger partial charge in [0, 0.05) is 23.8 Å². The van der Waals surface area contributed by atoms with Crippen molar-refractivity contribution < 1.29 is 9.90 Å². The lowest BCUT2D eigenvalue weighted by Crippen LogP contribution is -2.33. The van der Waals surface area contributed by atoms with Gasteiger partial charge in [-0.2, -0.15) is 0 Å². The Morgan fingerprint density at radius 1 is 1.52 bits per heavy atom. The molecule has 0 bridgehead atoms. The van der Waals surface area contributed by atoms with E-state index in [2.05, 4.69) is 10.3 Å². The van der Waals surface area contributed by atoms with Crippen LogP contribution in [0.5, 0.6) is 0 Å². The number of carbonyl (C=O) groups excluding carboxylic acids is 1. The second-order valence-electron chi connectivity index (χ2n) is 5.33. The summed E-state index contributed by atoms with van der Waals surface area (Å²) in [6.07, 6.45) is 1.30. The van der Waals surface area contributed by atoms with Crippen molar-refractivity contribution in [2.24, 2.45) is 5.92 Å². The number of nitrogens with zero attached hydrogens (tertiary/aromatic N) is 2. The maximum absolute atomic E-state index is 12.3. The van der Waals surface area contributed by atoms with Crippen molar-refractivity contribution in [2.75, 3.05) is 6.54 Å². The van der Waals surface area contributed by atoms with Crippen molar-refractivity contribution in [1.82, 2.24) is 14.7 Å². The predicted molar refractivity (Wildman–Crippen MR) is 81.9 cm³/mol. The van der Waals surface area contributed by atoms with Crippen molar-refractivity contribution in [2.45, 2.75) is 33.3 Å². The van der Waals surface area contributed by atoms with Gasteiger partial charge in [0.2, 0.25) is 0 Å². The molecule has 0 spiro atoms. The van der Waals surface area contributed by atoms with Crippen LogP contribution in [-0.2, 0) is 0 Å². The molecule has 2 heterocycles. The molecule has 21 heavy (non-hydrogen) atoms. The summed E-state index contributed by atoms with van der Waals surface area (Å²) in [6, 6.07) is 0. The van der Waals surface area contributed by atoms with Crippen LogP contribution in [0.3, 0.4) is 0 Å². The zero-order valence-corrected chi connectivity index (χ0v) is 13.1. The molecule has 1 unspecified atom stereocenters. The van der Waals surface area contributed by atoms with Gasteiger partial charge in [-0.3, -0.25) is 14.0 Å². The fourth-order valence-electron chi connectivity index (χ4n) is 1.94. The number of amides is 1. The second kappa shape index (κ2) is 6.36. The van der Waals surface area contributed by atoms with Crippen LogP contribution in [0.25, 0.3) is 4.96 Å². The van der Waals surface area contributed by atoms with E-state index >= 15 is 0 Å². The smallest absolute Gasteiger partial charge is 0.271 e. The maximum Gasteiger partial charge on any atom is 0.271 e. The first-order chi connectivity index (χ1) is 9.91. The summed E-state index contributed by atoms with van der Waals surface area (Å²) in [6.45, 7) is 5.95. The molecule has 114 valence electrons. The van der Waals surface area contributed by atoms with Crippen LogP contribution in [0, 0.1) is 12.8 Å². The number of hydrogen-bond donors (Lipinski definition) is 2. The molecule has 0 fully saturated rings. The quantitative estimate of drug-likeness (QED) is 0.869. The van der Waals surface area contributed by atoms with Gasteiger partial charge < -0.3 is 10.4 Å². The van der Waals surface area contributed by atoms with E-state index in [1.54, 1.807) is 6.92 Å². The van der Waals surface area contributed by atoms with Gasteiger partial charge >= 0.3 is 0 Å². The molecular weight excluding hydrogens is 290 g/mol. The lowest BCUT2D eigenvalue weighted by Gasteiger charge is -2.14. The van der Waals surface area contributed by atoms with Gasteiger partial charge in [0.05, 0.1) is 6.10 Å². The number of fused-ring (bicyclic) bond motifs is 1. The largest absolute Gasteiger partial charge is 0.393 e. The molecule has 2 aromatic heterocycles. The molecule has 0 aliphatic heterocycles. The van der Waals surface area contributed by atoms with Crippen LogP contribution in [-0.4, -0.2) is 33.0 Å². The first kappa shape index (κ1) is 15.7. The zero-order valence-electron chi connectivity index (χ0n) is 12.3. The minimum absolute atomic E-state index is 0.0213. The van der Waals surface area contributed by atoms with Crippen LogP contribution in [0.15, 0.2) is 16.4 Å². The standard InChI is InChI=1S/C14H19N3O3S/c1-8(2)11(18)4-5-15-12(19)10-6-16-14-17(13(10)20)9(3)7-21-14/h6-8,11,18H,4-5H2,1-3H3,(H,15,19). The lowest BCUT2D eigenvalue weighted by atomic mass is 10.0. The Bertz CT molecular complexity index is 705. The number of aliphatic hydroxyl groups is 1. The summed E-state index contributed by atoms with van der Waals surface area (Å²) in [5.74, 6) is -0.317. The highest BCUT2D eigenvalue weighted by atomic mass is 32.1. The first-order valence-electron chi connectivity index (χ1n) is 6.84. The number of nitrogens with one attached hydrogen (secondary N) is 1. The van der Waals surface area contributed by atoms with E-state index in [4.69, 9.17) is 0 Å². The van der Waals surface area contributed by atoms with Crippen molar-refractivity contribution in [3.63, 3.8) is 0 Å². The van der Waals surface area contributed by atoms with Gasteiger partial charge in [-0.1, -0.05) is 13.8 Å². The Hall–Kier alpha value is -1.73.